The molecule has 2 bridgehead atoms. The predicted octanol–water partition coefficient (Wildman–Crippen LogP) is 1.52. The maximum atomic E-state index is 8.74. The predicted molar refractivity (Wildman–Crippen MR) is 66.0 cm³/mol. The Morgan fingerprint density at radius 3 is 2.88 bits per heavy atom. The molecule has 88 valence electrons. The second-order valence-electron chi connectivity index (χ2n) is 4.62. The van der Waals surface area contributed by atoms with Crippen LogP contribution >= 0.6 is 11.6 Å². The highest BCUT2D eigenvalue weighted by Gasteiger charge is 2.42. The van der Waals surface area contributed by atoms with Crippen LogP contribution in [-0.4, -0.2) is 41.6 Å². The lowest BCUT2D eigenvalue weighted by Crippen LogP contribution is -2.46. The standard InChI is InChI=1S/C12H13ClN4/c13-12-2-1-9(6-15-12)17-8-10-5-11(17)7-16(10)4-3-14/h1-2,6,10-11H,4-5,7-8H2/t10-,11-/m0/s1. The number of hydrogen-bond donors (Lipinski definition) is 0. The van der Waals surface area contributed by atoms with Crippen molar-refractivity contribution in [2.75, 3.05) is 24.5 Å². The van der Waals surface area contributed by atoms with Gasteiger partial charge in [0.25, 0.3) is 0 Å². The third kappa shape index (κ3) is 1.86. The molecule has 0 spiro atoms. The van der Waals surface area contributed by atoms with E-state index in [1.54, 1.807) is 0 Å². The summed E-state index contributed by atoms with van der Waals surface area (Å²) in [6, 6.07) is 7.13. The van der Waals surface area contributed by atoms with Crippen LogP contribution in [0.5, 0.6) is 0 Å². The van der Waals surface area contributed by atoms with Gasteiger partial charge in [0.05, 0.1) is 24.5 Å². The van der Waals surface area contributed by atoms with Crippen molar-refractivity contribution in [3.8, 4) is 6.07 Å². The van der Waals surface area contributed by atoms with Crippen LogP contribution in [0.25, 0.3) is 0 Å². The number of halogens is 1. The van der Waals surface area contributed by atoms with Crippen LogP contribution in [0.3, 0.4) is 0 Å². The average molecular weight is 249 g/mol. The van der Waals surface area contributed by atoms with Crippen LogP contribution in [0.4, 0.5) is 5.69 Å². The lowest BCUT2D eigenvalue weighted by atomic mass is 10.2. The number of aromatic nitrogens is 1. The number of anilines is 1. The smallest absolute Gasteiger partial charge is 0.129 e. The summed E-state index contributed by atoms with van der Waals surface area (Å²) in [6.45, 7) is 2.53. The number of rotatable bonds is 2. The summed E-state index contributed by atoms with van der Waals surface area (Å²) in [5.74, 6) is 0. The van der Waals surface area contributed by atoms with Crippen molar-refractivity contribution in [1.29, 1.82) is 5.26 Å². The number of fused-ring (bicyclic) bond motifs is 2. The summed E-state index contributed by atoms with van der Waals surface area (Å²) in [4.78, 5) is 8.77. The molecule has 2 saturated heterocycles. The average Bonchev–Trinajstić information content (AvgIpc) is 2.90. The van der Waals surface area contributed by atoms with E-state index in [-0.39, 0.29) is 0 Å². The van der Waals surface area contributed by atoms with E-state index in [0.717, 1.165) is 25.2 Å². The summed E-state index contributed by atoms with van der Waals surface area (Å²) in [5, 5.41) is 9.27. The summed E-state index contributed by atoms with van der Waals surface area (Å²) in [6.07, 6.45) is 2.99. The number of likely N-dealkylation sites (tertiary alicyclic amines) is 1. The quantitative estimate of drug-likeness (QED) is 0.588. The minimum absolute atomic E-state index is 0.523. The molecule has 17 heavy (non-hydrogen) atoms. The van der Waals surface area contributed by atoms with Crippen molar-refractivity contribution >= 4 is 17.3 Å². The normalized spacial score (nSPS) is 27.4. The second kappa shape index (κ2) is 4.17. The van der Waals surface area contributed by atoms with Gasteiger partial charge in [-0.2, -0.15) is 5.26 Å². The van der Waals surface area contributed by atoms with E-state index < -0.39 is 0 Å². The van der Waals surface area contributed by atoms with Crippen molar-refractivity contribution < 1.29 is 0 Å². The first-order valence-corrected chi connectivity index (χ1v) is 6.15. The Balaban J connectivity index is 1.74. The van der Waals surface area contributed by atoms with Crippen LogP contribution in [0, 0.1) is 11.3 Å². The van der Waals surface area contributed by atoms with Gasteiger partial charge in [-0.3, -0.25) is 4.90 Å². The van der Waals surface area contributed by atoms with Crippen LogP contribution in [0.1, 0.15) is 6.42 Å². The van der Waals surface area contributed by atoms with Crippen molar-refractivity contribution in [1.82, 2.24) is 9.88 Å². The number of nitriles is 1. The largest absolute Gasteiger partial charge is 0.364 e. The molecule has 2 aliphatic heterocycles. The fourth-order valence-corrected chi connectivity index (χ4v) is 3.00. The van der Waals surface area contributed by atoms with E-state index in [2.05, 4.69) is 20.9 Å². The lowest BCUT2D eigenvalue weighted by molar-refractivity contribution is 0.267. The van der Waals surface area contributed by atoms with Crippen molar-refractivity contribution in [2.45, 2.75) is 18.5 Å². The Labute approximate surface area is 105 Å². The van der Waals surface area contributed by atoms with E-state index in [9.17, 15) is 0 Å². The summed E-state index contributed by atoms with van der Waals surface area (Å²) in [7, 11) is 0. The molecule has 0 unspecified atom stereocenters. The maximum absolute atomic E-state index is 8.74. The van der Waals surface area contributed by atoms with Gasteiger partial charge in [-0.05, 0) is 18.6 Å². The summed E-state index contributed by atoms with van der Waals surface area (Å²) >= 11 is 5.79. The van der Waals surface area contributed by atoms with E-state index in [0.29, 0.717) is 23.8 Å². The third-order valence-electron chi connectivity index (χ3n) is 3.67. The van der Waals surface area contributed by atoms with Crippen LogP contribution in [0.15, 0.2) is 18.3 Å². The zero-order valence-electron chi connectivity index (χ0n) is 9.38. The van der Waals surface area contributed by atoms with Gasteiger partial charge in [-0.1, -0.05) is 11.6 Å². The molecule has 0 amide bonds. The van der Waals surface area contributed by atoms with E-state index in [4.69, 9.17) is 16.9 Å². The molecule has 4 nitrogen and oxygen atoms in total. The fraction of sp³-hybridized carbons (Fsp3) is 0.500. The Kier molecular flexibility index (Phi) is 2.65. The monoisotopic (exact) mass is 248 g/mol. The maximum Gasteiger partial charge on any atom is 0.129 e. The fourth-order valence-electron chi connectivity index (χ4n) is 2.89. The molecule has 0 N–H and O–H groups in total. The highest BCUT2D eigenvalue weighted by molar-refractivity contribution is 6.29. The first kappa shape index (κ1) is 10.8. The molecule has 5 heteroatoms. The molecule has 3 heterocycles. The van der Waals surface area contributed by atoms with E-state index in [1.165, 1.54) is 0 Å². The van der Waals surface area contributed by atoms with Crippen molar-refractivity contribution in [3.63, 3.8) is 0 Å². The highest BCUT2D eigenvalue weighted by atomic mass is 35.5. The third-order valence-corrected chi connectivity index (χ3v) is 3.89. The van der Waals surface area contributed by atoms with Gasteiger partial charge < -0.3 is 4.90 Å². The van der Waals surface area contributed by atoms with Gasteiger partial charge in [0.15, 0.2) is 0 Å². The molecular formula is C12H13ClN4. The molecule has 1 aromatic heterocycles. The zero-order valence-corrected chi connectivity index (χ0v) is 10.1. The van der Waals surface area contributed by atoms with Gasteiger partial charge in [0.1, 0.15) is 5.15 Å². The number of nitrogens with zero attached hydrogens (tertiary/aromatic N) is 4. The highest BCUT2D eigenvalue weighted by Crippen LogP contribution is 2.34. The minimum Gasteiger partial charge on any atom is -0.364 e. The molecule has 2 fully saturated rings. The van der Waals surface area contributed by atoms with Crippen molar-refractivity contribution in [2.24, 2.45) is 0 Å². The molecule has 0 aliphatic carbocycles. The van der Waals surface area contributed by atoms with E-state index in [1.807, 2.05) is 18.3 Å². The van der Waals surface area contributed by atoms with Gasteiger partial charge in [0.2, 0.25) is 0 Å². The lowest BCUT2D eigenvalue weighted by Gasteiger charge is -2.34. The van der Waals surface area contributed by atoms with Gasteiger partial charge in [0, 0.05) is 25.2 Å². The first-order valence-electron chi connectivity index (χ1n) is 5.77. The molecule has 1 aromatic rings. The molecule has 0 aromatic carbocycles. The SMILES string of the molecule is N#CCN1C[C@@H]2C[C@H]1CN2c1ccc(Cl)nc1. The summed E-state index contributed by atoms with van der Waals surface area (Å²) < 4.78 is 0. The van der Waals surface area contributed by atoms with Crippen LogP contribution in [-0.2, 0) is 0 Å². The number of hydrogen-bond acceptors (Lipinski definition) is 4. The molecule has 0 radical (unpaired) electrons. The topological polar surface area (TPSA) is 43.2 Å². The van der Waals surface area contributed by atoms with Gasteiger partial charge in [-0.15, -0.1) is 0 Å². The van der Waals surface area contributed by atoms with Gasteiger partial charge in [-0.25, -0.2) is 4.98 Å². The molecular weight excluding hydrogens is 236 g/mol. The molecule has 2 atom stereocenters. The Bertz CT molecular complexity index is 453. The molecule has 0 saturated carbocycles. The Morgan fingerprint density at radius 2 is 2.29 bits per heavy atom. The van der Waals surface area contributed by atoms with Crippen molar-refractivity contribution in [3.05, 3.63) is 23.5 Å². The number of pyridine rings is 1. The minimum atomic E-state index is 0.523. The van der Waals surface area contributed by atoms with E-state index >= 15 is 0 Å². The van der Waals surface area contributed by atoms with Crippen LogP contribution in [0.2, 0.25) is 5.15 Å². The number of piperazine rings is 1. The Morgan fingerprint density at radius 1 is 1.41 bits per heavy atom. The zero-order chi connectivity index (χ0) is 11.8. The van der Waals surface area contributed by atoms with Gasteiger partial charge >= 0.3 is 0 Å². The van der Waals surface area contributed by atoms with Crippen LogP contribution < -0.4 is 4.90 Å². The Hall–Kier alpha value is -1.31. The second-order valence-corrected chi connectivity index (χ2v) is 5.01. The first-order chi connectivity index (χ1) is 8.28. The molecule has 3 rings (SSSR count). The summed E-state index contributed by atoms with van der Waals surface area (Å²) in [5.41, 5.74) is 1.14. The molecule has 2 aliphatic rings.